The van der Waals surface area contributed by atoms with Gasteiger partial charge in [0.2, 0.25) is 17.7 Å². The number of rotatable bonds is 5. The van der Waals surface area contributed by atoms with Gasteiger partial charge in [-0.2, -0.15) is 0 Å². The van der Waals surface area contributed by atoms with Gasteiger partial charge in [-0.1, -0.05) is 50.6 Å². The molecule has 1 saturated heterocycles. The first-order valence-electron chi connectivity index (χ1n) is 16.1. The molecule has 3 aromatic rings. The molecule has 4 heterocycles. The summed E-state index contributed by atoms with van der Waals surface area (Å²) in [4.78, 5) is 78.6. The Morgan fingerprint density at radius 3 is 2.17 bits per heavy atom. The third kappa shape index (κ3) is 7.90. The third-order valence-corrected chi connectivity index (χ3v) is 10.7. The Balaban J connectivity index is 1.52. The second-order valence-corrected chi connectivity index (χ2v) is 14.1. The molecule has 4 bridgehead atoms. The molecule has 15 heteroatoms. The molecule has 1 fully saturated rings. The molecule has 2 aliphatic rings. The van der Waals surface area contributed by atoms with Gasteiger partial charge >= 0.3 is 0 Å². The summed E-state index contributed by atoms with van der Waals surface area (Å²) in [5, 5.41) is 26.1. The van der Waals surface area contributed by atoms with Gasteiger partial charge in [-0.15, -0.1) is 22.7 Å². The van der Waals surface area contributed by atoms with Crippen LogP contribution in [-0.2, 0) is 20.8 Å². The summed E-state index contributed by atoms with van der Waals surface area (Å²) in [5.74, 6) is -2.75. The van der Waals surface area contributed by atoms with Crippen molar-refractivity contribution in [3.63, 3.8) is 0 Å². The Labute approximate surface area is 286 Å². The van der Waals surface area contributed by atoms with Crippen LogP contribution in [0.4, 0.5) is 0 Å². The molecule has 0 radical (unpaired) electrons. The highest BCUT2D eigenvalue weighted by atomic mass is 32.1. The van der Waals surface area contributed by atoms with Crippen molar-refractivity contribution in [2.45, 2.75) is 89.7 Å². The highest BCUT2D eigenvalue weighted by Gasteiger charge is 2.40. The molecule has 1 aromatic carbocycles. The molecule has 7 atom stereocenters. The van der Waals surface area contributed by atoms with E-state index in [1.165, 1.54) is 34.5 Å². The lowest BCUT2D eigenvalue weighted by Gasteiger charge is -2.31. The monoisotopic (exact) mass is 695 g/mol. The molecule has 0 saturated carbocycles. The van der Waals surface area contributed by atoms with Crippen LogP contribution < -0.4 is 21.3 Å². The lowest BCUT2D eigenvalue weighted by molar-refractivity contribution is -0.141. The Kier molecular flexibility index (Phi) is 11.2. The summed E-state index contributed by atoms with van der Waals surface area (Å²) in [6.45, 7) is 7.34. The van der Waals surface area contributed by atoms with Crippen LogP contribution in [0.3, 0.4) is 0 Å². The number of thiazole rings is 2. The Hall–Kier alpha value is -4.21. The van der Waals surface area contributed by atoms with E-state index in [2.05, 4.69) is 31.2 Å². The molecule has 0 aliphatic carbocycles. The van der Waals surface area contributed by atoms with Crippen molar-refractivity contribution in [1.29, 1.82) is 0 Å². The fraction of sp³-hybridized carbons (Fsp3) is 0.485. The van der Waals surface area contributed by atoms with Crippen molar-refractivity contribution in [1.82, 2.24) is 36.1 Å². The van der Waals surface area contributed by atoms with E-state index in [1.807, 2.05) is 44.2 Å². The standard InChI is InChI=1S/C33H41N7O6S2/c1-5-17(2)25-32-37-22(16-48-32)27(42)34-18(3)31-36-23(15-47-31)28(43)35-21(14-20-10-7-6-8-11-20)33(46)40-13-9-12-24(40)29(44)39-26(19(4)41)30(45)38-25/h6-8,10-11,15-19,21,24-26,41H,5,9,12-14H2,1-4H3,(H,34,42)(H,35,43)(H,38,45)(H,39,44). The van der Waals surface area contributed by atoms with E-state index < -0.39 is 65.8 Å². The first-order valence-corrected chi connectivity index (χ1v) is 17.9. The molecular weight excluding hydrogens is 655 g/mol. The van der Waals surface area contributed by atoms with Crippen LogP contribution in [0.15, 0.2) is 41.1 Å². The number of aromatic nitrogens is 2. The number of nitrogens with zero attached hydrogens (tertiary/aromatic N) is 3. The van der Waals surface area contributed by atoms with Crippen LogP contribution in [0.25, 0.3) is 0 Å². The van der Waals surface area contributed by atoms with Crippen LogP contribution in [0.2, 0.25) is 0 Å². The van der Waals surface area contributed by atoms with Crippen LogP contribution in [0.1, 0.15) is 95.6 Å². The second kappa shape index (κ2) is 15.3. The van der Waals surface area contributed by atoms with Crippen molar-refractivity contribution >= 4 is 52.2 Å². The number of hydrogen-bond donors (Lipinski definition) is 5. The molecule has 256 valence electrons. The highest BCUT2D eigenvalue weighted by Crippen LogP contribution is 2.28. The first-order chi connectivity index (χ1) is 23.0. The zero-order valence-electron chi connectivity index (χ0n) is 27.3. The molecule has 5 amide bonds. The number of amides is 5. The van der Waals surface area contributed by atoms with E-state index in [9.17, 15) is 29.1 Å². The van der Waals surface area contributed by atoms with Crippen molar-refractivity contribution in [3.05, 3.63) is 68.1 Å². The maximum atomic E-state index is 14.1. The predicted molar refractivity (Wildman–Crippen MR) is 180 cm³/mol. The van der Waals surface area contributed by atoms with Gasteiger partial charge in [0.15, 0.2) is 0 Å². The number of nitrogens with one attached hydrogen (secondary N) is 4. The highest BCUT2D eigenvalue weighted by molar-refractivity contribution is 7.10. The fourth-order valence-electron chi connectivity index (χ4n) is 5.82. The van der Waals surface area contributed by atoms with Crippen molar-refractivity contribution in [2.24, 2.45) is 5.92 Å². The molecule has 2 aromatic heterocycles. The van der Waals surface area contributed by atoms with Crippen molar-refractivity contribution < 1.29 is 29.1 Å². The molecule has 5 N–H and O–H groups in total. The van der Waals surface area contributed by atoms with E-state index in [0.717, 1.165) is 5.56 Å². The lowest BCUT2D eigenvalue weighted by atomic mass is 9.98. The van der Waals surface area contributed by atoms with E-state index in [-0.39, 0.29) is 30.3 Å². The summed E-state index contributed by atoms with van der Waals surface area (Å²) in [6.07, 6.45) is 0.486. The summed E-state index contributed by atoms with van der Waals surface area (Å²) in [5.41, 5.74) is 1.07. The number of carbonyl (C=O) groups is 5. The van der Waals surface area contributed by atoms with Gasteiger partial charge < -0.3 is 31.3 Å². The van der Waals surface area contributed by atoms with Gasteiger partial charge in [-0.3, -0.25) is 24.0 Å². The number of carbonyl (C=O) groups excluding carboxylic acids is 5. The maximum absolute atomic E-state index is 14.1. The summed E-state index contributed by atoms with van der Waals surface area (Å²) < 4.78 is 0. The number of aliphatic hydroxyl groups excluding tert-OH is 1. The molecule has 5 rings (SSSR count). The van der Waals surface area contributed by atoms with Gasteiger partial charge in [-0.05, 0) is 38.2 Å². The second-order valence-electron chi connectivity index (χ2n) is 12.3. The minimum absolute atomic E-state index is 0.0924. The summed E-state index contributed by atoms with van der Waals surface area (Å²) in [7, 11) is 0. The van der Waals surface area contributed by atoms with Gasteiger partial charge in [-0.25, -0.2) is 9.97 Å². The largest absolute Gasteiger partial charge is 0.391 e. The average Bonchev–Trinajstić information content (AvgIpc) is 3.86. The minimum atomic E-state index is -1.32. The molecule has 0 spiro atoms. The van der Waals surface area contributed by atoms with Crippen molar-refractivity contribution in [3.8, 4) is 0 Å². The number of benzene rings is 1. The zero-order valence-corrected chi connectivity index (χ0v) is 28.9. The topological polar surface area (TPSA) is 183 Å². The Bertz CT molecular complexity index is 1640. The van der Waals surface area contributed by atoms with Crippen LogP contribution in [0, 0.1) is 5.92 Å². The van der Waals surface area contributed by atoms with E-state index in [0.29, 0.717) is 29.3 Å². The quantitative estimate of drug-likeness (QED) is 0.270. The zero-order chi connectivity index (χ0) is 34.5. The summed E-state index contributed by atoms with van der Waals surface area (Å²) >= 11 is 2.43. The third-order valence-electron chi connectivity index (χ3n) is 8.79. The van der Waals surface area contributed by atoms with Gasteiger partial charge in [0.25, 0.3) is 11.8 Å². The van der Waals surface area contributed by atoms with Gasteiger partial charge in [0, 0.05) is 23.7 Å². The van der Waals surface area contributed by atoms with Crippen LogP contribution >= 0.6 is 22.7 Å². The lowest BCUT2D eigenvalue weighted by Crippen LogP contribution is -2.59. The van der Waals surface area contributed by atoms with Crippen molar-refractivity contribution in [2.75, 3.05) is 6.54 Å². The van der Waals surface area contributed by atoms with E-state index in [1.54, 1.807) is 17.7 Å². The van der Waals surface area contributed by atoms with Gasteiger partial charge in [0.05, 0.1) is 18.2 Å². The normalized spacial score (nSPS) is 25.6. The number of hydrogen-bond acceptors (Lipinski definition) is 10. The SMILES string of the molecule is CCC(C)C1NC(=O)C(C(C)O)NC(=O)C2CCCN2C(=O)C(Cc2ccccc2)NC(=O)c2csc(n2)C(C)NC(=O)c2csc1n2. The van der Waals surface area contributed by atoms with E-state index in [4.69, 9.17) is 0 Å². The van der Waals surface area contributed by atoms with E-state index >= 15 is 0 Å². The average molecular weight is 696 g/mol. The number of fused-ring (bicyclic) bond motifs is 5. The van der Waals surface area contributed by atoms with Gasteiger partial charge in [0.1, 0.15) is 39.5 Å². The first kappa shape index (κ1) is 35.1. The predicted octanol–water partition coefficient (Wildman–Crippen LogP) is 2.51. The minimum Gasteiger partial charge on any atom is -0.391 e. The molecular formula is C33H41N7O6S2. The maximum Gasteiger partial charge on any atom is 0.271 e. The number of aliphatic hydroxyl groups is 1. The molecule has 48 heavy (non-hydrogen) atoms. The van der Waals surface area contributed by atoms with Crippen LogP contribution in [-0.4, -0.2) is 80.3 Å². The smallest absolute Gasteiger partial charge is 0.271 e. The van der Waals surface area contributed by atoms with Crippen LogP contribution in [0.5, 0.6) is 0 Å². The molecule has 13 nitrogen and oxygen atoms in total. The Morgan fingerprint density at radius 1 is 0.875 bits per heavy atom. The Morgan fingerprint density at radius 2 is 1.50 bits per heavy atom. The fourth-order valence-corrected chi connectivity index (χ4v) is 7.61. The molecule has 2 aliphatic heterocycles. The summed E-state index contributed by atoms with van der Waals surface area (Å²) in [6, 6.07) is 4.83. The molecule has 7 unspecified atom stereocenters.